The highest BCUT2D eigenvalue weighted by atomic mass is 16.4. The molecule has 1 aromatic carbocycles. The summed E-state index contributed by atoms with van der Waals surface area (Å²) in [4.78, 5) is 24.5. The quantitative estimate of drug-likeness (QED) is 0.723. The molecule has 2 aromatic heterocycles. The van der Waals surface area contributed by atoms with E-state index in [9.17, 15) is 9.90 Å². The molecule has 2 heterocycles. The number of carbonyl (C=O) groups is 1. The maximum absolute atomic E-state index is 11.6. The Bertz CT molecular complexity index is 873. The Morgan fingerprint density at radius 3 is 2.75 bits per heavy atom. The summed E-state index contributed by atoms with van der Waals surface area (Å²) >= 11 is 0. The molecule has 0 bridgehead atoms. The van der Waals surface area contributed by atoms with Crippen molar-refractivity contribution < 1.29 is 9.90 Å². The van der Waals surface area contributed by atoms with Gasteiger partial charge in [-0.1, -0.05) is 30.3 Å². The Morgan fingerprint density at radius 1 is 1.25 bits per heavy atom. The van der Waals surface area contributed by atoms with Gasteiger partial charge in [-0.25, -0.2) is 19.7 Å². The average Bonchev–Trinajstić information content (AvgIpc) is 3.34. The molecule has 0 saturated heterocycles. The van der Waals surface area contributed by atoms with Crippen LogP contribution in [0.3, 0.4) is 0 Å². The van der Waals surface area contributed by atoms with E-state index in [1.165, 1.54) is 6.33 Å². The van der Waals surface area contributed by atoms with E-state index in [4.69, 9.17) is 0 Å². The third kappa shape index (κ3) is 2.80. The molecule has 24 heavy (non-hydrogen) atoms. The van der Waals surface area contributed by atoms with Crippen LogP contribution in [0.15, 0.2) is 43.0 Å². The number of nitrogens with one attached hydrogen (secondary N) is 1. The molecular formula is C17H17N5O2. The van der Waals surface area contributed by atoms with Gasteiger partial charge in [0, 0.05) is 12.5 Å². The fourth-order valence-electron chi connectivity index (χ4n) is 2.79. The van der Waals surface area contributed by atoms with Crippen LogP contribution in [0.1, 0.15) is 24.4 Å². The van der Waals surface area contributed by atoms with Gasteiger partial charge < -0.3 is 15.0 Å². The van der Waals surface area contributed by atoms with Crippen LogP contribution in [0.4, 0.5) is 5.82 Å². The molecule has 3 aromatic rings. The van der Waals surface area contributed by atoms with E-state index >= 15 is 0 Å². The van der Waals surface area contributed by atoms with Crippen LogP contribution in [0.5, 0.6) is 0 Å². The van der Waals surface area contributed by atoms with Crippen LogP contribution in [0.25, 0.3) is 11.2 Å². The molecule has 2 N–H and O–H groups in total. The van der Waals surface area contributed by atoms with Crippen molar-refractivity contribution in [1.82, 2.24) is 19.5 Å². The molecular weight excluding hydrogens is 306 g/mol. The van der Waals surface area contributed by atoms with Crippen LogP contribution < -0.4 is 5.32 Å². The van der Waals surface area contributed by atoms with Gasteiger partial charge in [-0.3, -0.25) is 0 Å². The Labute approximate surface area is 138 Å². The number of hydrogen-bond donors (Lipinski definition) is 2. The van der Waals surface area contributed by atoms with E-state index in [0.29, 0.717) is 23.8 Å². The Hall–Kier alpha value is -2.96. The minimum Gasteiger partial charge on any atom is -0.480 e. The van der Waals surface area contributed by atoms with Gasteiger partial charge in [0.1, 0.15) is 17.9 Å². The maximum Gasteiger partial charge on any atom is 0.326 e. The lowest BCUT2D eigenvalue weighted by atomic mass is 10.1. The van der Waals surface area contributed by atoms with Gasteiger partial charge in [0.25, 0.3) is 0 Å². The summed E-state index contributed by atoms with van der Waals surface area (Å²) in [5.41, 5.74) is 2.31. The van der Waals surface area contributed by atoms with Gasteiger partial charge in [0.05, 0.1) is 6.33 Å². The largest absolute Gasteiger partial charge is 0.480 e. The SMILES string of the molecule is O=C(O)[C@H](Cc1ccccc1)Nc1ncnc2c1ncn2C1CC1. The fraction of sp³-hybridized carbons (Fsp3) is 0.294. The summed E-state index contributed by atoms with van der Waals surface area (Å²) in [6.45, 7) is 0. The predicted molar refractivity (Wildman–Crippen MR) is 88.8 cm³/mol. The Kier molecular flexibility index (Phi) is 3.60. The molecule has 0 radical (unpaired) electrons. The zero-order valence-corrected chi connectivity index (χ0v) is 13.0. The zero-order chi connectivity index (χ0) is 16.5. The predicted octanol–water partition coefficient (Wildman–Crippen LogP) is 2.27. The molecule has 1 aliphatic rings. The minimum absolute atomic E-state index is 0.366. The van der Waals surface area contributed by atoms with Crippen LogP contribution in [-0.2, 0) is 11.2 Å². The van der Waals surface area contributed by atoms with E-state index in [-0.39, 0.29) is 0 Å². The number of fused-ring (bicyclic) bond motifs is 1. The molecule has 0 unspecified atom stereocenters. The van der Waals surface area contributed by atoms with Crippen molar-refractivity contribution in [3.63, 3.8) is 0 Å². The van der Waals surface area contributed by atoms with Crippen molar-refractivity contribution in [3.8, 4) is 0 Å². The van der Waals surface area contributed by atoms with Gasteiger partial charge in [-0.2, -0.15) is 0 Å². The monoisotopic (exact) mass is 323 g/mol. The first-order chi connectivity index (χ1) is 11.7. The molecule has 1 aliphatic carbocycles. The molecule has 1 fully saturated rings. The average molecular weight is 323 g/mol. The van der Waals surface area contributed by atoms with Crippen molar-refractivity contribution in [2.24, 2.45) is 0 Å². The number of nitrogens with zero attached hydrogens (tertiary/aromatic N) is 4. The number of rotatable bonds is 6. The number of benzene rings is 1. The molecule has 1 saturated carbocycles. The summed E-state index contributed by atoms with van der Waals surface area (Å²) in [6, 6.07) is 9.20. The van der Waals surface area contributed by atoms with Gasteiger partial charge in [0.15, 0.2) is 11.5 Å². The minimum atomic E-state index is -0.924. The van der Waals surface area contributed by atoms with Crippen molar-refractivity contribution >= 4 is 23.0 Å². The Morgan fingerprint density at radius 2 is 2.04 bits per heavy atom. The van der Waals surface area contributed by atoms with Crippen molar-refractivity contribution in [3.05, 3.63) is 48.5 Å². The normalized spacial score (nSPS) is 15.3. The zero-order valence-electron chi connectivity index (χ0n) is 13.0. The molecule has 0 aliphatic heterocycles. The standard InChI is InChI=1S/C17H17N5O2/c23-17(24)13(8-11-4-2-1-3-5-11)21-15-14-16(19-9-18-15)22(10-20-14)12-6-7-12/h1-5,9-10,12-13H,6-8H2,(H,23,24)(H,18,19,21)/t13-/m0/s1. The summed E-state index contributed by atoms with van der Waals surface area (Å²) in [5, 5.41) is 12.6. The number of hydrogen-bond acceptors (Lipinski definition) is 5. The van der Waals surface area contributed by atoms with Crippen molar-refractivity contribution in [2.75, 3.05) is 5.32 Å². The summed E-state index contributed by atoms with van der Waals surface area (Å²) in [6.07, 6.45) is 5.83. The number of imidazole rings is 1. The van der Waals surface area contributed by atoms with E-state index in [1.54, 1.807) is 6.33 Å². The number of anilines is 1. The highest BCUT2D eigenvalue weighted by Gasteiger charge is 2.27. The first-order valence-corrected chi connectivity index (χ1v) is 7.93. The second-order valence-electron chi connectivity index (χ2n) is 6.00. The van der Waals surface area contributed by atoms with E-state index < -0.39 is 12.0 Å². The molecule has 1 atom stereocenters. The highest BCUT2D eigenvalue weighted by Crippen LogP contribution is 2.37. The van der Waals surface area contributed by atoms with Crippen LogP contribution >= 0.6 is 0 Å². The van der Waals surface area contributed by atoms with E-state index in [2.05, 4.69) is 20.3 Å². The third-order valence-electron chi connectivity index (χ3n) is 4.19. The lowest BCUT2D eigenvalue weighted by molar-refractivity contribution is -0.137. The van der Waals surface area contributed by atoms with Gasteiger partial charge in [-0.15, -0.1) is 0 Å². The topological polar surface area (TPSA) is 92.9 Å². The van der Waals surface area contributed by atoms with Crippen molar-refractivity contribution in [1.29, 1.82) is 0 Å². The number of aliphatic carboxylic acids is 1. The smallest absolute Gasteiger partial charge is 0.326 e. The summed E-state index contributed by atoms with van der Waals surface area (Å²) in [5.74, 6) is -0.463. The molecule has 7 heteroatoms. The second kappa shape index (κ2) is 5.92. The highest BCUT2D eigenvalue weighted by molar-refractivity contribution is 5.86. The second-order valence-corrected chi connectivity index (χ2v) is 6.00. The molecule has 122 valence electrons. The van der Waals surface area contributed by atoms with Gasteiger partial charge >= 0.3 is 5.97 Å². The fourth-order valence-corrected chi connectivity index (χ4v) is 2.79. The number of carboxylic acids is 1. The lowest BCUT2D eigenvalue weighted by Crippen LogP contribution is -2.32. The van der Waals surface area contributed by atoms with Crippen molar-refractivity contribution in [2.45, 2.75) is 31.3 Å². The summed E-state index contributed by atoms with van der Waals surface area (Å²) in [7, 11) is 0. The van der Waals surface area contributed by atoms with Crippen LogP contribution in [0, 0.1) is 0 Å². The van der Waals surface area contributed by atoms with Crippen LogP contribution in [0.2, 0.25) is 0 Å². The molecule has 7 nitrogen and oxygen atoms in total. The summed E-state index contributed by atoms with van der Waals surface area (Å²) < 4.78 is 2.04. The first-order valence-electron chi connectivity index (χ1n) is 7.93. The van der Waals surface area contributed by atoms with E-state index in [0.717, 1.165) is 24.1 Å². The van der Waals surface area contributed by atoms with Gasteiger partial charge in [-0.05, 0) is 18.4 Å². The molecule has 0 amide bonds. The number of aromatic nitrogens is 4. The molecule has 4 rings (SSSR count). The first kappa shape index (κ1) is 14.6. The number of carboxylic acid groups (broad SMARTS) is 1. The van der Waals surface area contributed by atoms with Gasteiger partial charge in [0.2, 0.25) is 0 Å². The Balaban J connectivity index is 1.62. The van der Waals surface area contributed by atoms with Crippen LogP contribution in [-0.4, -0.2) is 36.6 Å². The lowest BCUT2D eigenvalue weighted by Gasteiger charge is -2.15. The third-order valence-corrected chi connectivity index (χ3v) is 4.19. The molecule has 0 spiro atoms. The van der Waals surface area contributed by atoms with E-state index in [1.807, 2.05) is 34.9 Å². The maximum atomic E-state index is 11.6.